The number of carboxylic acid groups (broad SMARTS) is 1. The SMILES string of the molecule is CCCc1ccc(N2C(=O)C(=NNc3cccc(-c4cccc(C(=O)O)c4)c3O)c3ccc(Cl)cc32)cc1. The Morgan fingerprint density at radius 2 is 1.74 bits per heavy atom. The number of nitrogens with zero attached hydrogens (tertiary/aromatic N) is 2. The number of halogens is 1. The minimum atomic E-state index is -1.06. The van der Waals surface area contributed by atoms with Gasteiger partial charge in [-0.2, -0.15) is 5.10 Å². The molecule has 0 aliphatic carbocycles. The Bertz CT molecular complexity index is 1580. The van der Waals surface area contributed by atoms with E-state index in [-0.39, 0.29) is 28.6 Å². The third-order valence-electron chi connectivity index (χ3n) is 6.34. The molecule has 4 aromatic rings. The molecule has 0 spiro atoms. The van der Waals surface area contributed by atoms with E-state index in [1.165, 1.54) is 17.7 Å². The molecule has 0 unspecified atom stereocenters. The largest absolute Gasteiger partial charge is 0.505 e. The van der Waals surface area contributed by atoms with Crippen molar-refractivity contribution in [3.05, 3.63) is 107 Å². The molecule has 0 saturated heterocycles. The van der Waals surface area contributed by atoms with Crippen molar-refractivity contribution >= 4 is 46.3 Å². The first kappa shape index (κ1) is 25.0. The molecule has 1 heterocycles. The molecule has 0 radical (unpaired) electrons. The number of amides is 1. The van der Waals surface area contributed by atoms with Crippen molar-refractivity contribution in [1.82, 2.24) is 0 Å². The summed E-state index contributed by atoms with van der Waals surface area (Å²) in [5, 5.41) is 25.1. The van der Waals surface area contributed by atoms with Crippen LogP contribution in [-0.4, -0.2) is 27.8 Å². The molecule has 7 nitrogen and oxygen atoms in total. The minimum Gasteiger partial charge on any atom is -0.505 e. The van der Waals surface area contributed by atoms with E-state index in [4.69, 9.17) is 11.6 Å². The van der Waals surface area contributed by atoms with Crippen LogP contribution in [0.15, 0.2) is 90.0 Å². The van der Waals surface area contributed by atoms with Crippen LogP contribution in [0.3, 0.4) is 0 Å². The number of nitrogens with one attached hydrogen (secondary N) is 1. The standard InChI is InChI=1S/C30H24ClN3O4/c1-2-5-18-10-13-22(14-11-18)34-26-17-21(31)12-15-24(26)27(29(34)36)33-32-25-9-4-8-23(28(25)35)19-6-3-7-20(16-19)30(37)38/h3-4,6-17,32,35H,2,5H2,1H3,(H,37,38). The van der Waals surface area contributed by atoms with E-state index in [1.54, 1.807) is 53.4 Å². The van der Waals surface area contributed by atoms with Crippen LogP contribution in [0.25, 0.3) is 11.1 Å². The van der Waals surface area contributed by atoms with E-state index in [9.17, 15) is 19.8 Å². The lowest BCUT2D eigenvalue weighted by atomic mass is 10.0. The summed E-state index contributed by atoms with van der Waals surface area (Å²) in [5.74, 6) is -1.51. The Balaban J connectivity index is 1.49. The molecule has 0 atom stereocenters. The summed E-state index contributed by atoms with van der Waals surface area (Å²) in [5.41, 5.74) is 7.45. The molecule has 8 heteroatoms. The quantitative estimate of drug-likeness (QED) is 0.181. The lowest BCUT2D eigenvalue weighted by Crippen LogP contribution is -2.26. The number of phenols is 1. The van der Waals surface area contributed by atoms with Gasteiger partial charge >= 0.3 is 5.97 Å². The van der Waals surface area contributed by atoms with Crippen molar-refractivity contribution in [2.24, 2.45) is 5.10 Å². The fourth-order valence-corrected chi connectivity index (χ4v) is 4.65. The Morgan fingerprint density at radius 1 is 0.974 bits per heavy atom. The zero-order valence-electron chi connectivity index (χ0n) is 20.5. The van der Waals surface area contributed by atoms with Crippen LogP contribution in [0, 0.1) is 0 Å². The van der Waals surface area contributed by atoms with Gasteiger partial charge in [0.1, 0.15) is 5.75 Å². The lowest BCUT2D eigenvalue weighted by Gasteiger charge is -2.17. The summed E-state index contributed by atoms with van der Waals surface area (Å²) >= 11 is 6.27. The third kappa shape index (κ3) is 4.71. The van der Waals surface area contributed by atoms with Crippen molar-refractivity contribution in [2.75, 3.05) is 10.3 Å². The van der Waals surface area contributed by atoms with Gasteiger partial charge in [0.2, 0.25) is 0 Å². The lowest BCUT2D eigenvalue weighted by molar-refractivity contribution is -0.111. The fraction of sp³-hybridized carbons (Fsp3) is 0.100. The second-order valence-electron chi connectivity index (χ2n) is 8.88. The van der Waals surface area contributed by atoms with Crippen LogP contribution in [0.4, 0.5) is 17.1 Å². The second kappa shape index (κ2) is 10.4. The molecule has 0 saturated carbocycles. The van der Waals surface area contributed by atoms with Gasteiger partial charge in [0.25, 0.3) is 5.91 Å². The molecule has 0 aromatic heterocycles. The Labute approximate surface area is 224 Å². The van der Waals surface area contributed by atoms with Gasteiger partial charge < -0.3 is 10.2 Å². The highest BCUT2D eigenvalue weighted by atomic mass is 35.5. The number of rotatable bonds is 7. The number of hydrazone groups is 1. The molecular weight excluding hydrogens is 502 g/mol. The van der Waals surface area contributed by atoms with Gasteiger partial charge in [0.15, 0.2) is 5.71 Å². The predicted octanol–water partition coefficient (Wildman–Crippen LogP) is 6.86. The number of fused-ring (bicyclic) bond motifs is 1. The minimum absolute atomic E-state index is 0.107. The van der Waals surface area contributed by atoms with Gasteiger partial charge in [0.05, 0.1) is 16.9 Å². The van der Waals surface area contributed by atoms with Crippen LogP contribution in [0.1, 0.15) is 34.8 Å². The Hall–Kier alpha value is -4.62. The van der Waals surface area contributed by atoms with E-state index in [1.807, 2.05) is 24.3 Å². The molecular formula is C30H24ClN3O4. The third-order valence-corrected chi connectivity index (χ3v) is 6.57. The summed E-state index contributed by atoms with van der Waals surface area (Å²) in [7, 11) is 0. The summed E-state index contributed by atoms with van der Waals surface area (Å²) < 4.78 is 0. The monoisotopic (exact) mass is 525 g/mol. The summed E-state index contributed by atoms with van der Waals surface area (Å²) in [6, 6.07) is 24.3. The van der Waals surface area contributed by atoms with Gasteiger partial charge in [-0.15, -0.1) is 0 Å². The van der Waals surface area contributed by atoms with Gasteiger partial charge in [-0.3, -0.25) is 15.1 Å². The normalized spacial score (nSPS) is 13.6. The number of phenolic OH excluding ortho intramolecular Hbond substituents is 1. The number of aromatic hydroxyl groups is 1. The first-order valence-corrected chi connectivity index (χ1v) is 12.5. The number of benzene rings is 4. The fourth-order valence-electron chi connectivity index (χ4n) is 4.49. The van der Waals surface area contributed by atoms with Gasteiger partial charge in [-0.1, -0.05) is 61.3 Å². The van der Waals surface area contributed by atoms with Gasteiger partial charge in [-0.25, -0.2) is 4.79 Å². The molecule has 1 aliphatic rings. The van der Waals surface area contributed by atoms with Crippen molar-refractivity contribution in [3.8, 4) is 16.9 Å². The number of hydrogen-bond acceptors (Lipinski definition) is 5. The van der Waals surface area contributed by atoms with E-state index in [0.29, 0.717) is 33.1 Å². The maximum absolute atomic E-state index is 13.6. The maximum atomic E-state index is 13.6. The van der Waals surface area contributed by atoms with E-state index in [2.05, 4.69) is 17.5 Å². The first-order valence-electron chi connectivity index (χ1n) is 12.1. The summed E-state index contributed by atoms with van der Waals surface area (Å²) in [6.07, 6.45) is 1.98. The number of carbonyl (C=O) groups is 2. The zero-order chi connectivity index (χ0) is 26.8. The highest BCUT2D eigenvalue weighted by molar-refractivity contribution is 6.56. The number of para-hydroxylation sites is 1. The van der Waals surface area contributed by atoms with E-state index in [0.717, 1.165) is 12.8 Å². The van der Waals surface area contributed by atoms with Crippen LogP contribution >= 0.6 is 11.6 Å². The van der Waals surface area contributed by atoms with Crippen molar-refractivity contribution in [3.63, 3.8) is 0 Å². The molecule has 1 aliphatic heterocycles. The summed E-state index contributed by atoms with van der Waals surface area (Å²) in [4.78, 5) is 26.5. The van der Waals surface area contributed by atoms with Crippen molar-refractivity contribution in [2.45, 2.75) is 19.8 Å². The van der Waals surface area contributed by atoms with Crippen LogP contribution in [-0.2, 0) is 11.2 Å². The molecule has 5 rings (SSSR count). The Morgan fingerprint density at radius 3 is 2.47 bits per heavy atom. The van der Waals surface area contributed by atoms with Gasteiger partial charge in [-0.05, 0) is 66.1 Å². The average molecular weight is 526 g/mol. The van der Waals surface area contributed by atoms with Crippen LogP contribution in [0.2, 0.25) is 5.02 Å². The number of carbonyl (C=O) groups excluding carboxylic acids is 1. The van der Waals surface area contributed by atoms with E-state index < -0.39 is 5.97 Å². The first-order chi connectivity index (χ1) is 18.4. The molecule has 3 N–H and O–H groups in total. The van der Waals surface area contributed by atoms with Crippen molar-refractivity contribution in [1.29, 1.82) is 0 Å². The molecule has 190 valence electrons. The maximum Gasteiger partial charge on any atom is 0.335 e. The number of anilines is 3. The number of hydrogen-bond donors (Lipinski definition) is 3. The predicted molar refractivity (Wildman–Crippen MR) is 150 cm³/mol. The smallest absolute Gasteiger partial charge is 0.335 e. The second-order valence-corrected chi connectivity index (χ2v) is 9.31. The van der Waals surface area contributed by atoms with Crippen LogP contribution < -0.4 is 10.3 Å². The van der Waals surface area contributed by atoms with Gasteiger partial charge in [0, 0.05) is 21.8 Å². The number of aromatic carboxylic acids is 1. The topological polar surface area (TPSA) is 102 Å². The van der Waals surface area contributed by atoms with E-state index >= 15 is 0 Å². The van der Waals surface area contributed by atoms with Crippen LogP contribution in [0.5, 0.6) is 5.75 Å². The highest BCUT2D eigenvalue weighted by Crippen LogP contribution is 2.39. The molecule has 4 aromatic carbocycles. The molecule has 1 amide bonds. The van der Waals surface area contributed by atoms with Crippen molar-refractivity contribution < 1.29 is 19.8 Å². The zero-order valence-corrected chi connectivity index (χ0v) is 21.2. The highest BCUT2D eigenvalue weighted by Gasteiger charge is 2.35. The number of carboxylic acids is 1. The average Bonchev–Trinajstić information content (AvgIpc) is 3.19. The molecule has 0 fully saturated rings. The molecule has 0 bridgehead atoms. The Kier molecular flexibility index (Phi) is 6.85. The summed E-state index contributed by atoms with van der Waals surface area (Å²) in [6.45, 7) is 2.12. The molecule has 38 heavy (non-hydrogen) atoms. The number of aryl methyl sites for hydroxylation is 1.